The molecule has 2 aliphatic rings. The van der Waals surface area contributed by atoms with Crippen LogP contribution in [0.2, 0.25) is 10.0 Å². The molecule has 1 aliphatic carbocycles. The fourth-order valence-corrected chi connectivity index (χ4v) is 6.41. The van der Waals surface area contributed by atoms with Crippen LogP contribution in [0.5, 0.6) is 0 Å². The van der Waals surface area contributed by atoms with Crippen LogP contribution in [0.3, 0.4) is 0 Å². The van der Waals surface area contributed by atoms with Crippen molar-refractivity contribution in [2.24, 2.45) is 0 Å². The molecule has 0 spiro atoms. The molecule has 28 heavy (non-hydrogen) atoms. The third-order valence-electron chi connectivity index (χ3n) is 5.70. The van der Waals surface area contributed by atoms with Crippen molar-refractivity contribution in [1.29, 1.82) is 0 Å². The number of sulfone groups is 1. The topological polar surface area (TPSA) is 57.7 Å². The van der Waals surface area contributed by atoms with Crippen molar-refractivity contribution < 1.29 is 13.2 Å². The Balaban J connectivity index is 1.68. The predicted molar refractivity (Wildman–Crippen MR) is 114 cm³/mol. The molecule has 1 heterocycles. The Morgan fingerprint density at radius 1 is 1.07 bits per heavy atom. The van der Waals surface area contributed by atoms with Crippen molar-refractivity contribution in [3.05, 3.63) is 33.8 Å². The van der Waals surface area contributed by atoms with Gasteiger partial charge in [0.05, 0.1) is 28.1 Å². The van der Waals surface area contributed by atoms with Gasteiger partial charge in [0.2, 0.25) is 5.91 Å². The average Bonchev–Trinajstić information content (AvgIpc) is 2.98. The second kappa shape index (κ2) is 9.33. The summed E-state index contributed by atoms with van der Waals surface area (Å²) >= 11 is 12.1. The molecular weight excluding hydrogens is 419 g/mol. The van der Waals surface area contributed by atoms with Gasteiger partial charge in [-0.3, -0.25) is 9.69 Å². The summed E-state index contributed by atoms with van der Waals surface area (Å²) in [6, 6.07) is 5.45. The zero-order chi connectivity index (χ0) is 20.3. The number of carbonyl (C=O) groups excluding carboxylic acids is 1. The molecule has 3 rings (SSSR count). The number of nitrogens with zero attached hydrogens (tertiary/aromatic N) is 2. The summed E-state index contributed by atoms with van der Waals surface area (Å²) in [6.07, 6.45) is 5.90. The molecule has 1 saturated heterocycles. The van der Waals surface area contributed by atoms with Crippen LogP contribution in [-0.2, 0) is 21.2 Å². The summed E-state index contributed by atoms with van der Waals surface area (Å²) in [5.74, 6) is 0.315. The molecule has 0 aromatic heterocycles. The van der Waals surface area contributed by atoms with Gasteiger partial charge in [-0.2, -0.15) is 0 Å². The van der Waals surface area contributed by atoms with Crippen molar-refractivity contribution in [3.63, 3.8) is 0 Å². The largest absolute Gasteiger partial charge is 0.335 e. The first kappa shape index (κ1) is 21.9. The van der Waals surface area contributed by atoms with E-state index >= 15 is 0 Å². The van der Waals surface area contributed by atoms with Gasteiger partial charge in [0, 0.05) is 18.6 Å². The molecule has 1 aliphatic heterocycles. The van der Waals surface area contributed by atoms with E-state index in [0.29, 0.717) is 23.0 Å². The van der Waals surface area contributed by atoms with E-state index in [4.69, 9.17) is 23.2 Å². The van der Waals surface area contributed by atoms with E-state index in [2.05, 4.69) is 0 Å². The third-order valence-corrected chi connectivity index (χ3v) is 8.19. The van der Waals surface area contributed by atoms with Crippen LogP contribution in [-0.4, -0.2) is 61.3 Å². The average molecular weight is 447 g/mol. The summed E-state index contributed by atoms with van der Waals surface area (Å²) in [7, 11) is -1.14. The maximum atomic E-state index is 13.2. The molecule has 1 unspecified atom stereocenters. The normalized spacial score (nSPS) is 22.5. The van der Waals surface area contributed by atoms with Gasteiger partial charge >= 0.3 is 0 Å². The molecule has 1 saturated carbocycles. The molecular formula is C20H28Cl2N2O3S. The number of rotatable bonds is 6. The minimum atomic E-state index is -3.03. The van der Waals surface area contributed by atoms with Crippen molar-refractivity contribution in [1.82, 2.24) is 9.80 Å². The summed E-state index contributed by atoms with van der Waals surface area (Å²) in [5.41, 5.74) is 0.984. The number of amides is 1. The minimum Gasteiger partial charge on any atom is -0.335 e. The number of hydrogen-bond donors (Lipinski definition) is 0. The lowest BCUT2D eigenvalue weighted by molar-refractivity contribution is -0.137. The Bertz CT molecular complexity index is 810. The van der Waals surface area contributed by atoms with E-state index in [1.54, 1.807) is 6.07 Å². The molecule has 5 nitrogen and oxygen atoms in total. The number of likely N-dealkylation sites (N-methyl/N-ethyl adjacent to an activating group) is 1. The Kier molecular flexibility index (Phi) is 7.29. The minimum absolute atomic E-state index is 0.0246. The van der Waals surface area contributed by atoms with E-state index in [1.165, 1.54) is 6.42 Å². The number of benzene rings is 1. The molecule has 2 fully saturated rings. The summed E-state index contributed by atoms with van der Waals surface area (Å²) in [4.78, 5) is 17.1. The van der Waals surface area contributed by atoms with Crippen molar-refractivity contribution in [3.8, 4) is 0 Å². The van der Waals surface area contributed by atoms with E-state index in [0.717, 1.165) is 31.2 Å². The maximum absolute atomic E-state index is 13.2. The zero-order valence-electron chi connectivity index (χ0n) is 16.2. The molecule has 156 valence electrons. The van der Waals surface area contributed by atoms with Gasteiger partial charge in [-0.25, -0.2) is 8.42 Å². The highest BCUT2D eigenvalue weighted by Crippen LogP contribution is 2.29. The van der Waals surface area contributed by atoms with Crippen LogP contribution in [0, 0.1) is 0 Å². The second-order valence-corrected chi connectivity index (χ2v) is 11.1. The van der Waals surface area contributed by atoms with Crippen LogP contribution >= 0.6 is 23.2 Å². The molecule has 1 aromatic rings. The highest BCUT2D eigenvalue weighted by molar-refractivity contribution is 7.91. The first-order valence-corrected chi connectivity index (χ1v) is 12.5. The van der Waals surface area contributed by atoms with Crippen LogP contribution < -0.4 is 0 Å². The molecule has 8 heteroatoms. The highest BCUT2D eigenvalue weighted by atomic mass is 35.5. The van der Waals surface area contributed by atoms with Gasteiger partial charge in [-0.05, 0) is 44.0 Å². The first-order valence-electron chi connectivity index (χ1n) is 9.89. The molecule has 0 N–H and O–H groups in total. The second-order valence-electron chi connectivity index (χ2n) is 8.07. The fourth-order valence-electron chi connectivity index (χ4n) is 4.38. The Labute approximate surface area is 177 Å². The van der Waals surface area contributed by atoms with E-state index in [1.807, 2.05) is 29.0 Å². The summed E-state index contributed by atoms with van der Waals surface area (Å²) < 4.78 is 24.0. The SMILES string of the molecule is CN(CC(=O)N(C1CCCCC1)C1CCS(=O)(=O)C1)Cc1ccc(Cl)c(Cl)c1. The Morgan fingerprint density at radius 2 is 1.79 bits per heavy atom. The lowest BCUT2D eigenvalue weighted by atomic mass is 9.93. The Morgan fingerprint density at radius 3 is 2.39 bits per heavy atom. The van der Waals surface area contributed by atoms with Crippen LogP contribution in [0.15, 0.2) is 18.2 Å². The van der Waals surface area contributed by atoms with Gasteiger partial charge in [0.25, 0.3) is 0 Å². The lowest BCUT2D eigenvalue weighted by Gasteiger charge is -2.39. The zero-order valence-corrected chi connectivity index (χ0v) is 18.6. The van der Waals surface area contributed by atoms with Crippen LogP contribution in [0.25, 0.3) is 0 Å². The van der Waals surface area contributed by atoms with Crippen molar-refractivity contribution in [2.45, 2.75) is 57.2 Å². The van der Waals surface area contributed by atoms with Gasteiger partial charge in [0.1, 0.15) is 0 Å². The Hall–Kier alpha value is -0.820. The molecule has 1 amide bonds. The fraction of sp³-hybridized carbons (Fsp3) is 0.650. The van der Waals surface area contributed by atoms with Crippen molar-refractivity contribution >= 4 is 38.9 Å². The monoisotopic (exact) mass is 446 g/mol. The highest BCUT2D eigenvalue weighted by Gasteiger charge is 2.38. The number of halogens is 2. The first-order chi connectivity index (χ1) is 13.2. The maximum Gasteiger partial charge on any atom is 0.237 e. The quantitative estimate of drug-likeness (QED) is 0.666. The third kappa shape index (κ3) is 5.62. The number of hydrogen-bond acceptors (Lipinski definition) is 4. The lowest BCUT2D eigenvalue weighted by Crippen LogP contribution is -2.51. The van der Waals surface area contributed by atoms with Gasteiger partial charge in [-0.1, -0.05) is 48.5 Å². The summed E-state index contributed by atoms with van der Waals surface area (Å²) in [6.45, 7) is 0.831. The van der Waals surface area contributed by atoms with E-state index < -0.39 is 9.84 Å². The molecule has 1 atom stereocenters. The van der Waals surface area contributed by atoms with E-state index in [9.17, 15) is 13.2 Å². The van der Waals surface area contributed by atoms with E-state index in [-0.39, 0.29) is 36.0 Å². The predicted octanol–water partition coefficient (Wildman–Crippen LogP) is 3.77. The molecule has 1 aromatic carbocycles. The van der Waals surface area contributed by atoms with Gasteiger partial charge in [-0.15, -0.1) is 0 Å². The van der Waals surface area contributed by atoms with Crippen LogP contribution in [0.4, 0.5) is 0 Å². The van der Waals surface area contributed by atoms with Gasteiger partial charge in [0.15, 0.2) is 9.84 Å². The van der Waals surface area contributed by atoms with Crippen LogP contribution in [0.1, 0.15) is 44.1 Å². The smallest absolute Gasteiger partial charge is 0.237 e. The molecule has 0 radical (unpaired) electrons. The molecule has 0 bridgehead atoms. The summed E-state index contributed by atoms with van der Waals surface area (Å²) in [5, 5.41) is 1.01. The van der Waals surface area contributed by atoms with Gasteiger partial charge < -0.3 is 4.90 Å². The standard InChI is InChI=1S/C20H28Cl2N2O3S/c1-23(12-15-7-8-18(21)19(22)11-15)13-20(25)24(16-5-3-2-4-6-16)17-9-10-28(26,27)14-17/h7-8,11,16-17H,2-6,9-10,12-14H2,1H3. The number of carbonyl (C=O) groups is 1. The van der Waals surface area contributed by atoms with Crippen molar-refractivity contribution in [2.75, 3.05) is 25.1 Å².